The fraction of sp³-hybridized carbons (Fsp3) is 0.158. The van der Waals surface area contributed by atoms with E-state index in [1.54, 1.807) is 0 Å². The normalized spacial score (nSPS) is 15.5. The van der Waals surface area contributed by atoms with Gasteiger partial charge in [0.05, 0.1) is 5.57 Å². The number of benzene rings is 2. The van der Waals surface area contributed by atoms with E-state index in [0.29, 0.717) is 11.3 Å². The third-order valence-electron chi connectivity index (χ3n) is 3.74. The molecule has 1 aliphatic rings. The first-order chi connectivity index (χ1) is 11.0. The van der Waals surface area contributed by atoms with Crippen LogP contribution in [0, 0.1) is 6.92 Å². The number of hydrogen-bond donors (Lipinski definition) is 0. The SMILES string of the molecule is Cc1ccc(/C=C2\C(=O)ON=C2c2ccc(N(C)C)cc2)cc1. The predicted molar refractivity (Wildman–Crippen MR) is 92.6 cm³/mol. The molecule has 2 aromatic carbocycles. The Hall–Kier alpha value is -2.88. The summed E-state index contributed by atoms with van der Waals surface area (Å²) in [5.41, 5.74) is 5.12. The highest BCUT2D eigenvalue weighted by Gasteiger charge is 2.26. The van der Waals surface area contributed by atoms with E-state index in [1.165, 1.54) is 5.56 Å². The minimum atomic E-state index is -0.419. The smallest absolute Gasteiger partial charge is 0.368 e. The molecule has 0 amide bonds. The lowest BCUT2D eigenvalue weighted by molar-refractivity contribution is -0.136. The molecule has 1 aliphatic heterocycles. The molecule has 0 saturated heterocycles. The first-order valence-corrected chi connectivity index (χ1v) is 7.40. The first kappa shape index (κ1) is 15.0. The molecule has 0 atom stereocenters. The predicted octanol–water partition coefficient (Wildman–Crippen LogP) is 3.41. The minimum Gasteiger partial charge on any atom is -0.378 e. The average molecular weight is 306 g/mol. The summed E-state index contributed by atoms with van der Waals surface area (Å²) in [6.07, 6.45) is 1.81. The maximum atomic E-state index is 12.0. The van der Waals surface area contributed by atoms with Crippen LogP contribution in [-0.4, -0.2) is 25.8 Å². The molecule has 0 saturated carbocycles. The summed E-state index contributed by atoms with van der Waals surface area (Å²) in [5, 5.41) is 3.94. The molecule has 4 heteroatoms. The van der Waals surface area contributed by atoms with Gasteiger partial charge < -0.3 is 9.74 Å². The number of carbonyl (C=O) groups is 1. The Bertz CT molecular complexity index is 785. The zero-order chi connectivity index (χ0) is 16.4. The van der Waals surface area contributed by atoms with Crippen molar-refractivity contribution in [3.63, 3.8) is 0 Å². The van der Waals surface area contributed by atoms with E-state index in [0.717, 1.165) is 16.8 Å². The van der Waals surface area contributed by atoms with Crippen molar-refractivity contribution in [2.45, 2.75) is 6.92 Å². The van der Waals surface area contributed by atoms with Gasteiger partial charge >= 0.3 is 5.97 Å². The van der Waals surface area contributed by atoms with Crippen molar-refractivity contribution in [2.24, 2.45) is 5.16 Å². The second kappa shape index (κ2) is 6.08. The van der Waals surface area contributed by atoms with Crippen molar-refractivity contribution in [3.05, 3.63) is 70.8 Å². The quantitative estimate of drug-likeness (QED) is 0.644. The van der Waals surface area contributed by atoms with Crippen LogP contribution in [0.25, 0.3) is 6.08 Å². The summed E-state index contributed by atoms with van der Waals surface area (Å²) in [6.45, 7) is 2.03. The molecule has 0 bridgehead atoms. The van der Waals surface area contributed by atoms with Gasteiger partial charge in [0.25, 0.3) is 0 Å². The highest BCUT2D eigenvalue weighted by molar-refractivity contribution is 6.31. The van der Waals surface area contributed by atoms with Crippen LogP contribution in [0.5, 0.6) is 0 Å². The van der Waals surface area contributed by atoms with Gasteiger partial charge in [0.1, 0.15) is 5.71 Å². The van der Waals surface area contributed by atoms with E-state index in [4.69, 9.17) is 4.84 Å². The molecule has 0 fully saturated rings. The summed E-state index contributed by atoms with van der Waals surface area (Å²) >= 11 is 0. The topological polar surface area (TPSA) is 41.9 Å². The molecule has 4 nitrogen and oxygen atoms in total. The molecule has 0 radical (unpaired) electrons. The molecule has 23 heavy (non-hydrogen) atoms. The largest absolute Gasteiger partial charge is 0.378 e. The van der Waals surface area contributed by atoms with E-state index in [9.17, 15) is 4.79 Å². The molecule has 3 rings (SSSR count). The number of nitrogens with zero attached hydrogens (tertiary/aromatic N) is 2. The Morgan fingerprint density at radius 3 is 2.26 bits per heavy atom. The van der Waals surface area contributed by atoms with Gasteiger partial charge in [0.2, 0.25) is 0 Å². The van der Waals surface area contributed by atoms with Gasteiger partial charge in [-0.15, -0.1) is 0 Å². The van der Waals surface area contributed by atoms with E-state index in [2.05, 4.69) is 5.16 Å². The molecular formula is C19H18N2O2. The molecule has 0 spiro atoms. The molecule has 0 aromatic heterocycles. The summed E-state index contributed by atoms with van der Waals surface area (Å²) in [6, 6.07) is 15.8. The number of oxime groups is 1. The number of carbonyl (C=O) groups excluding carboxylic acids is 1. The van der Waals surface area contributed by atoms with E-state index < -0.39 is 5.97 Å². The Kier molecular flexibility index (Phi) is 3.98. The van der Waals surface area contributed by atoms with Gasteiger partial charge in [-0.2, -0.15) is 0 Å². The molecule has 2 aromatic rings. The highest BCUT2D eigenvalue weighted by atomic mass is 16.7. The Morgan fingerprint density at radius 1 is 1.00 bits per heavy atom. The van der Waals surface area contributed by atoms with Gasteiger partial charge in [-0.05, 0) is 30.7 Å². The summed E-state index contributed by atoms with van der Waals surface area (Å²) in [5.74, 6) is -0.419. The standard InChI is InChI=1S/C19H18N2O2/c1-13-4-6-14(7-5-13)12-17-18(20-23-19(17)22)15-8-10-16(11-9-15)21(2)3/h4-12H,1-3H3/b17-12-. The van der Waals surface area contributed by atoms with Crippen molar-refractivity contribution in [1.29, 1.82) is 0 Å². The average Bonchev–Trinajstić information content (AvgIpc) is 2.91. The summed E-state index contributed by atoms with van der Waals surface area (Å²) < 4.78 is 0. The van der Waals surface area contributed by atoms with Gasteiger partial charge in [-0.1, -0.05) is 47.1 Å². The highest BCUT2D eigenvalue weighted by Crippen LogP contribution is 2.22. The Balaban J connectivity index is 1.94. The van der Waals surface area contributed by atoms with Gasteiger partial charge in [-0.3, -0.25) is 0 Å². The zero-order valence-electron chi connectivity index (χ0n) is 13.4. The third-order valence-corrected chi connectivity index (χ3v) is 3.74. The van der Waals surface area contributed by atoms with Crippen molar-refractivity contribution in [1.82, 2.24) is 0 Å². The van der Waals surface area contributed by atoms with Crippen molar-refractivity contribution in [3.8, 4) is 0 Å². The second-order valence-electron chi connectivity index (χ2n) is 5.73. The van der Waals surface area contributed by atoms with Crippen molar-refractivity contribution >= 4 is 23.4 Å². The molecule has 116 valence electrons. The van der Waals surface area contributed by atoms with E-state index in [-0.39, 0.29) is 0 Å². The monoisotopic (exact) mass is 306 g/mol. The van der Waals surface area contributed by atoms with Gasteiger partial charge in [-0.25, -0.2) is 4.79 Å². The molecular weight excluding hydrogens is 288 g/mol. The maximum absolute atomic E-state index is 12.0. The molecule has 1 heterocycles. The molecule has 0 aliphatic carbocycles. The lowest BCUT2D eigenvalue weighted by Gasteiger charge is -2.12. The second-order valence-corrected chi connectivity index (χ2v) is 5.73. The van der Waals surface area contributed by atoms with Crippen LogP contribution in [0.2, 0.25) is 0 Å². The number of hydrogen-bond acceptors (Lipinski definition) is 4. The zero-order valence-corrected chi connectivity index (χ0v) is 13.4. The van der Waals surface area contributed by atoms with E-state index in [1.807, 2.05) is 80.5 Å². The van der Waals surface area contributed by atoms with Crippen LogP contribution in [0.3, 0.4) is 0 Å². The fourth-order valence-electron chi connectivity index (χ4n) is 2.36. The summed E-state index contributed by atoms with van der Waals surface area (Å²) in [4.78, 5) is 18.9. The maximum Gasteiger partial charge on any atom is 0.368 e. The van der Waals surface area contributed by atoms with Gasteiger partial charge in [0, 0.05) is 25.3 Å². The third kappa shape index (κ3) is 3.16. The first-order valence-electron chi connectivity index (χ1n) is 7.40. The fourth-order valence-corrected chi connectivity index (χ4v) is 2.36. The Morgan fingerprint density at radius 2 is 1.65 bits per heavy atom. The Labute approximate surface area is 135 Å². The lowest BCUT2D eigenvalue weighted by atomic mass is 10.00. The van der Waals surface area contributed by atoms with Crippen LogP contribution in [-0.2, 0) is 9.63 Å². The lowest BCUT2D eigenvalue weighted by Crippen LogP contribution is -2.10. The minimum absolute atomic E-state index is 0.419. The van der Waals surface area contributed by atoms with Crippen LogP contribution >= 0.6 is 0 Å². The van der Waals surface area contributed by atoms with E-state index >= 15 is 0 Å². The van der Waals surface area contributed by atoms with Crippen molar-refractivity contribution in [2.75, 3.05) is 19.0 Å². The van der Waals surface area contributed by atoms with Crippen LogP contribution in [0.1, 0.15) is 16.7 Å². The number of anilines is 1. The summed E-state index contributed by atoms with van der Waals surface area (Å²) in [7, 11) is 3.97. The van der Waals surface area contributed by atoms with Crippen LogP contribution < -0.4 is 4.90 Å². The van der Waals surface area contributed by atoms with Crippen molar-refractivity contribution < 1.29 is 9.63 Å². The van der Waals surface area contributed by atoms with Gasteiger partial charge in [0.15, 0.2) is 0 Å². The van der Waals surface area contributed by atoms with Crippen LogP contribution in [0.4, 0.5) is 5.69 Å². The number of rotatable bonds is 3. The number of aryl methyl sites for hydroxylation is 1. The molecule has 0 unspecified atom stereocenters. The molecule has 0 N–H and O–H groups in total. The van der Waals surface area contributed by atoms with Crippen LogP contribution in [0.15, 0.2) is 59.3 Å².